The van der Waals surface area contributed by atoms with Crippen molar-refractivity contribution in [3.05, 3.63) is 41.1 Å². The molecule has 0 fully saturated rings. The molecule has 21 heavy (non-hydrogen) atoms. The van der Waals surface area contributed by atoms with Crippen LogP contribution in [-0.4, -0.2) is 17.1 Å². The van der Waals surface area contributed by atoms with Gasteiger partial charge in [-0.1, -0.05) is 0 Å². The monoisotopic (exact) mass is 287 g/mol. The van der Waals surface area contributed by atoms with E-state index in [0.29, 0.717) is 0 Å². The van der Waals surface area contributed by atoms with Gasteiger partial charge in [0.15, 0.2) is 11.6 Å². The fourth-order valence-corrected chi connectivity index (χ4v) is 2.70. The van der Waals surface area contributed by atoms with Gasteiger partial charge in [0.1, 0.15) is 11.6 Å². The molecule has 1 aromatic heterocycles. The second kappa shape index (κ2) is 5.68. The topological polar surface area (TPSA) is 47.0 Å². The second-order valence-electron chi connectivity index (χ2n) is 5.23. The van der Waals surface area contributed by atoms with Gasteiger partial charge in [0.25, 0.3) is 0 Å². The highest BCUT2D eigenvalue weighted by molar-refractivity contribution is 5.62. The van der Waals surface area contributed by atoms with Gasteiger partial charge >= 0.3 is 0 Å². The summed E-state index contributed by atoms with van der Waals surface area (Å²) in [5.74, 6) is 1.43. The molecule has 1 N–H and O–H groups in total. The van der Waals surface area contributed by atoms with Gasteiger partial charge in [-0.05, 0) is 44.7 Å². The van der Waals surface area contributed by atoms with Gasteiger partial charge < -0.3 is 10.1 Å². The minimum absolute atomic E-state index is 0.222. The van der Waals surface area contributed by atoms with Gasteiger partial charge in [0.05, 0.1) is 7.11 Å². The standard InChI is InChI=1S/C16H18FN3O/c1-10-18-14-6-4-3-5-12(14)16(19-10)20-11-7-8-13(17)15(9-11)21-2/h7-9H,3-6H2,1-2H3,(H,18,19,20). The zero-order valence-electron chi connectivity index (χ0n) is 12.2. The van der Waals surface area contributed by atoms with Gasteiger partial charge in [-0.15, -0.1) is 0 Å². The highest BCUT2D eigenvalue weighted by Crippen LogP contribution is 2.29. The summed E-state index contributed by atoms with van der Waals surface area (Å²) < 4.78 is 18.5. The first kappa shape index (κ1) is 13.8. The van der Waals surface area contributed by atoms with E-state index in [9.17, 15) is 4.39 Å². The lowest BCUT2D eigenvalue weighted by atomic mass is 9.96. The fourth-order valence-electron chi connectivity index (χ4n) is 2.70. The number of methoxy groups -OCH3 is 1. The quantitative estimate of drug-likeness (QED) is 0.937. The summed E-state index contributed by atoms with van der Waals surface area (Å²) in [6.07, 6.45) is 4.31. The molecular formula is C16H18FN3O. The van der Waals surface area contributed by atoms with Crippen LogP contribution in [-0.2, 0) is 12.8 Å². The molecular weight excluding hydrogens is 269 g/mol. The highest BCUT2D eigenvalue weighted by atomic mass is 19.1. The van der Waals surface area contributed by atoms with E-state index < -0.39 is 0 Å². The van der Waals surface area contributed by atoms with E-state index >= 15 is 0 Å². The van der Waals surface area contributed by atoms with E-state index in [1.165, 1.54) is 25.2 Å². The van der Waals surface area contributed by atoms with E-state index in [0.717, 1.165) is 42.3 Å². The van der Waals surface area contributed by atoms with Crippen molar-refractivity contribution in [2.45, 2.75) is 32.6 Å². The Kier molecular flexibility index (Phi) is 3.73. The number of nitrogens with one attached hydrogen (secondary N) is 1. The molecule has 1 aliphatic carbocycles. The Morgan fingerprint density at radius 1 is 1.19 bits per heavy atom. The molecule has 5 heteroatoms. The Labute approximate surface area is 123 Å². The number of fused-ring (bicyclic) bond motifs is 1. The first-order valence-corrected chi connectivity index (χ1v) is 7.14. The molecule has 0 saturated heterocycles. The lowest BCUT2D eigenvalue weighted by molar-refractivity contribution is 0.387. The molecule has 4 nitrogen and oxygen atoms in total. The van der Waals surface area contributed by atoms with E-state index in [1.807, 2.05) is 6.92 Å². The third-order valence-electron chi connectivity index (χ3n) is 3.71. The average molecular weight is 287 g/mol. The molecule has 1 aliphatic rings. The molecule has 2 aromatic rings. The molecule has 1 aromatic carbocycles. The van der Waals surface area contributed by atoms with Crippen LogP contribution in [0.2, 0.25) is 0 Å². The molecule has 0 aliphatic heterocycles. The molecule has 0 atom stereocenters. The normalized spacial score (nSPS) is 13.7. The maximum absolute atomic E-state index is 13.5. The number of aromatic nitrogens is 2. The zero-order chi connectivity index (χ0) is 14.8. The van der Waals surface area contributed by atoms with Crippen LogP contribution in [0.3, 0.4) is 0 Å². The average Bonchev–Trinajstić information content (AvgIpc) is 2.49. The number of hydrogen-bond donors (Lipinski definition) is 1. The van der Waals surface area contributed by atoms with Crippen LogP contribution in [0.1, 0.15) is 29.9 Å². The van der Waals surface area contributed by atoms with Crippen LogP contribution in [0, 0.1) is 12.7 Å². The first-order valence-electron chi connectivity index (χ1n) is 7.14. The van der Waals surface area contributed by atoms with Crippen LogP contribution in [0.15, 0.2) is 18.2 Å². The molecule has 1 heterocycles. The maximum atomic E-state index is 13.5. The van der Waals surface area contributed by atoms with Gasteiger partial charge in [-0.3, -0.25) is 0 Å². The fraction of sp³-hybridized carbons (Fsp3) is 0.375. The van der Waals surface area contributed by atoms with Crippen LogP contribution in [0.5, 0.6) is 5.75 Å². The Hall–Kier alpha value is -2.17. The molecule has 110 valence electrons. The summed E-state index contributed by atoms with van der Waals surface area (Å²) >= 11 is 0. The van der Waals surface area contributed by atoms with Crippen LogP contribution in [0.4, 0.5) is 15.9 Å². The number of anilines is 2. The first-order chi connectivity index (χ1) is 10.2. The predicted molar refractivity (Wildman–Crippen MR) is 79.6 cm³/mol. The van der Waals surface area contributed by atoms with Gasteiger partial charge in [0.2, 0.25) is 0 Å². The van der Waals surface area contributed by atoms with Crippen molar-refractivity contribution in [1.82, 2.24) is 9.97 Å². The maximum Gasteiger partial charge on any atom is 0.165 e. The van der Waals surface area contributed by atoms with Crippen LogP contribution in [0.25, 0.3) is 0 Å². The van der Waals surface area contributed by atoms with Crippen molar-refractivity contribution < 1.29 is 9.13 Å². The minimum Gasteiger partial charge on any atom is -0.494 e. The summed E-state index contributed by atoms with van der Waals surface area (Å²) in [4.78, 5) is 9.03. The number of rotatable bonds is 3. The number of nitrogens with zero attached hydrogens (tertiary/aromatic N) is 2. The Bertz CT molecular complexity index is 673. The minimum atomic E-state index is -0.371. The van der Waals surface area contributed by atoms with Crippen LogP contribution < -0.4 is 10.1 Å². The second-order valence-corrected chi connectivity index (χ2v) is 5.23. The van der Waals surface area contributed by atoms with E-state index in [1.54, 1.807) is 12.1 Å². The van der Waals surface area contributed by atoms with Gasteiger partial charge in [-0.2, -0.15) is 0 Å². The van der Waals surface area contributed by atoms with Crippen molar-refractivity contribution in [2.24, 2.45) is 0 Å². The Morgan fingerprint density at radius 2 is 2.00 bits per heavy atom. The van der Waals surface area contributed by atoms with Crippen molar-refractivity contribution in [2.75, 3.05) is 12.4 Å². The van der Waals surface area contributed by atoms with Crippen molar-refractivity contribution in [1.29, 1.82) is 0 Å². The molecule has 0 bridgehead atoms. The van der Waals surface area contributed by atoms with Crippen molar-refractivity contribution in [3.8, 4) is 5.75 Å². The number of benzene rings is 1. The lowest BCUT2D eigenvalue weighted by Crippen LogP contribution is -2.12. The smallest absolute Gasteiger partial charge is 0.165 e. The number of hydrogen-bond acceptors (Lipinski definition) is 4. The summed E-state index contributed by atoms with van der Waals surface area (Å²) in [5, 5.41) is 3.28. The van der Waals surface area contributed by atoms with Crippen molar-refractivity contribution >= 4 is 11.5 Å². The molecule has 0 unspecified atom stereocenters. The summed E-state index contributed by atoms with van der Waals surface area (Å²) in [6, 6.07) is 4.72. The third kappa shape index (κ3) is 2.82. The van der Waals surface area contributed by atoms with Crippen molar-refractivity contribution in [3.63, 3.8) is 0 Å². The largest absolute Gasteiger partial charge is 0.494 e. The van der Waals surface area contributed by atoms with E-state index in [2.05, 4.69) is 15.3 Å². The number of aryl methyl sites for hydroxylation is 2. The molecule has 0 radical (unpaired) electrons. The summed E-state index contributed by atoms with van der Waals surface area (Å²) in [7, 11) is 1.46. The van der Waals surface area contributed by atoms with E-state index in [4.69, 9.17) is 4.74 Å². The summed E-state index contributed by atoms with van der Waals surface area (Å²) in [6.45, 7) is 1.89. The molecule has 0 saturated carbocycles. The number of ether oxygens (including phenoxy) is 1. The molecule has 0 spiro atoms. The summed E-state index contributed by atoms with van der Waals surface area (Å²) in [5.41, 5.74) is 3.07. The predicted octanol–water partition coefficient (Wildman–Crippen LogP) is 3.56. The molecule has 3 rings (SSSR count). The highest BCUT2D eigenvalue weighted by Gasteiger charge is 2.17. The number of halogens is 1. The van der Waals surface area contributed by atoms with E-state index in [-0.39, 0.29) is 11.6 Å². The zero-order valence-corrected chi connectivity index (χ0v) is 12.2. The van der Waals surface area contributed by atoms with Crippen LogP contribution >= 0.6 is 0 Å². The Morgan fingerprint density at radius 3 is 2.81 bits per heavy atom. The van der Waals surface area contributed by atoms with Gasteiger partial charge in [-0.25, -0.2) is 14.4 Å². The van der Waals surface area contributed by atoms with Gasteiger partial charge in [0, 0.05) is 23.0 Å². The third-order valence-corrected chi connectivity index (χ3v) is 3.71. The SMILES string of the molecule is COc1cc(Nc2nc(C)nc3c2CCCC3)ccc1F. The molecule has 0 amide bonds. The lowest BCUT2D eigenvalue weighted by Gasteiger charge is -2.19. The Balaban J connectivity index is 1.96.